The lowest BCUT2D eigenvalue weighted by molar-refractivity contribution is 0.174. The van der Waals surface area contributed by atoms with Gasteiger partial charge in [0.1, 0.15) is 30.0 Å². The second-order valence-electron chi connectivity index (χ2n) is 12.7. The van der Waals surface area contributed by atoms with Crippen LogP contribution in [0.2, 0.25) is 0 Å². The Kier molecular flexibility index (Phi) is 10.3. The van der Waals surface area contributed by atoms with Crippen LogP contribution in [0.5, 0.6) is 5.88 Å². The SMILES string of the molecule is CCc1cc(Nc2ncc(Br)c(Nc3ccc4nccnc4c3P(C)(C)=O)n2)c(OC)nc1N1CCC(N2CCCN(C)CC2)CC1. The summed E-state index contributed by atoms with van der Waals surface area (Å²) < 4.78 is 19.9. The first kappa shape index (κ1) is 33.5. The van der Waals surface area contributed by atoms with Crippen LogP contribution in [0.15, 0.2) is 41.3 Å². The fourth-order valence-electron chi connectivity index (χ4n) is 6.61. The van der Waals surface area contributed by atoms with Crippen LogP contribution in [0.25, 0.3) is 11.0 Å². The van der Waals surface area contributed by atoms with Gasteiger partial charge in [0.05, 0.1) is 28.1 Å². The summed E-state index contributed by atoms with van der Waals surface area (Å²) in [5.41, 5.74) is 3.78. The fourth-order valence-corrected chi connectivity index (χ4v) is 8.30. The van der Waals surface area contributed by atoms with E-state index in [0.29, 0.717) is 55.9 Å². The summed E-state index contributed by atoms with van der Waals surface area (Å²) in [6.45, 7) is 12.2. The van der Waals surface area contributed by atoms with Crippen molar-refractivity contribution in [1.82, 2.24) is 34.7 Å². The minimum Gasteiger partial charge on any atom is -0.479 e. The highest BCUT2D eigenvalue weighted by molar-refractivity contribution is 9.10. The maximum absolute atomic E-state index is 13.4. The number of benzene rings is 1. The van der Waals surface area contributed by atoms with Gasteiger partial charge in [0.2, 0.25) is 11.8 Å². The van der Waals surface area contributed by atoms with Gasteiger partial charge in [-0.25, -0.2) is 4.98 Å². The Hall–Kier alpha value is -3.38. The summed E-state index contributed by atoms with van der Waals surface area (Å²) in [7, 11) is 1.12. The number of methoxy groups -OCH3 is 1. The molecule has 2 aliphatic rings. The molecule has 0 unspecified atom stereocenters. The molecule has 0 aliphatic carbocycles. The molecular formula is C33H44BrN10O2P. The number of nitrogens with zero attached hydrogens (tertiary/aromatic N) is 8. The Balaban J connectivity index is 1.22. The van der Waals surface area contributed by atoms with Crippen molar-refractivity contribution in [3.05, 3.63) is 46.8 Å². The molecule has 3 aromatic heterocycles. The molecule has 4 aromatic rings. The Morgan fingerprint density at radius 1 is 0.979 bits per heavy atom. The summed E-state index contributed by atoms with van der Waals surface area (Å²) in [6, 6.07) is 6.45. The topological polar surface area (TPSA) is 125 Å². The maximum atomic E-state index is 13.4. The van der Waals surface area contributed by atoms with Gasteiger partial charge in [0.15, 0.2) is 0 Å². The molecular weight excluding hydrogens is 679 g/mol. The van der Waals surface area contributed by atoms with Gasteiger partial charge in [-0.1, -0.05) is 6.92 Å². The number of hydrogen-bond acceptors (Lipinski definition) is 12. The van der Waals surface area contributed by atoms with Gasteiger partial charge in [-0.2, -0.15) is 9.97 Å². The first-order valence-electron chi connectivity index (χ1n) is 16.3. The van der Waals surface area contributed by atoms with Crippen LogP contribution in [-0.2, 0) is 11.0 Å². The molecule has 1 aromatic carbocycles. The first-order valence-corrected chi connectivity index (χ1v) is 19.6. The second kappa shape index (κ2) is 14.4. The minimum atomic E-state index is -2.74. The van der Waals surface area contributed by atoms with E-state index in [-0.39, 0.29) is 0 Å². The number of aryl methyl sites for hydroxylation is 1. The molecule has 2 saturated heterocycles. The van der Waals surface area contributed by atoms with Crippen molar-refractivity contribution in [2.24, 2.45) is 0 Å². The van der Waals surface area contributed by atoms with Gasteiger partial charge in [-0.15, -0.1) is 0 Å². The molecule has 0 radical (unpaired) electrons. The van der Waals surface area contributed by atoms with E-state index in [4.69, 9.17) is 14.7 Å². The van der Waals surface area contributed by atoms with Crippen LogP contribution < -0.4 is 25.6 Å². The van der Waals surface area contributed by atoms with E-state index in [0.717, 1.165) is 56.8 Å². The Morgan fingerprint density at radius 3 is 2.51 bits per heavy atom. The van der Waals surface area contributed by atoms with E-state index < -0.39 is 7.14 Å². The van der Waals surface area contributed by atoms with Gasteiger partial charge in [0, 0.05) is 50.8 Å². The number of anilines is 5. The van der Waals surface area contributed by atoms with Crippen LogP contribution in [0.4, 0.5) is 29.0 Å². The molecule has 2 N–H and O–H groups in total. The number of nitrogens with one attached hydrogen (secondary N) is 2. The lowest BCUT2D eigenvalue weighted by atomic mass is 10.0. The van der Waals surface area contributed by atoms with Crippen molar-refractivity contribution in [2.45, 2.75) is 38.6 Å². The summed E-state index contributed by atoms with van der Waals surface area (Å²) in [4.78, 5) is 30.7. The molecule has 0 saturated carbocycles. The third-order valence-corrected chi connectivity index (χ3v) is 11.2. The number of halogens is 1. The highest BCUT2D eigenvalue weighted by Crippen LogP contribution is 2.41. The average Bonchev–Trinajstić information content (AvgIpc) is 3.29. The lowest BCUT2D eigenvalue weighted by Crippen LogP contribution is -2.46. The predicted molar refractivity (Wildman–Crippen MR) is 194 cm³/mol. The lowest BCUT2D eigenvalue weighted by Gasteiger charge is -2.39. The quantitative estimate of drug-likeness (QED) is 0.212. The molecule has 250 valence electrons. The first-order chi connectivity index (χ1) is 22.6. The van der Waals surface area contributed by atoms with Crippen molar-refractivity contribution < 1.29 is 9.30 Å². The van der Waals surface area contributed by atoms with E-state index in [2.05, 4.69) is 76.3 Å². The van der Waals surface area contributed by atoms with E-state index in [1.165, 1.54) is 19.5 Å². The zero-order valence-corrected chi connectivity index (χ0v) is 30.3. The molecule has 0 bridgehead atoms. The van der Waals surface area contributed by atoms with Gasteiger partial charge >= 0.3 is 0 Å². The molecule has 47 heavy (non-hydrogen) atoms. The van der Waals surface area contributed by atoms with Crippen LogP contribution in [0.3, 0.4) is 0 Å². The normalized spacial score (nSPS) is 17.1. The van der Waals surface area contributed by atoms with E-state index in [1.807, 2.05) is 12.1 Å². The van der Waals surface area contributed by atoms with E-state index >= 15 is 0 Å². The standard InChI is InChI=1S/C33H44BrN10O2P/c1-6-22-20-27(32(46-3)41-31(22)44-16-10-23(11-17-44)43-15-7-14-42(2)18-19-43)39-33-37-21-24(34)30(40-33)38-26-9-8-25-28(36-13-12-35-25)29(26)47(4,5)45/h8-9,12-13,20-21,23H,6-7,10-11,14-19H2,1-5H3,(H2,37,38,39,40). The number of fused-ring (bicyclic) bond motifs is 1. The maximum Gasteiger partial charge on any atom is 0.239 e. The molecule has 0 spiro atoms. The molecule has 2 aliphatic heterocycles. The largest absolute Gasteiger partial charge is 0.479 e. The van der Waals surface area contributed by atoms with Crippen molar-refractivity contribution in [3.63, 3.8) is 0 Å². The van der Waals surface area contributed by atoms with Gasteiger partial charge in [-0.05, 0) is 98.8 Å². The molecule has 0 amide bonds. The van der Waals surface area contributed by atoms with Crippen LogP contribution in [0, 0.1) is 0 Å². The number of ether oxygens (including phenoxy) is 1. The van der Waals surface area contributed by atoms with Crippen molar-refractivity contribution >= 4 is 68.4 Å². The minimum absolute atomic E-state index is 0.368. The van der Waals surface area contributed by atoms with Crippen molar-refractivity contribution in [3.8, 4) is 5.88 Å². The number of likely N-dealkylation sites (N-methyl/N-ethyl adjacent to an activating group) is 1. The van der Waals surface area contributed by atoms with Crippen molar-refractivity contribution in [1.29, 1.82) is 0 Å². The molecule has 5 heterocycles. The molecule has 14 heteroatoms. The van der Waals surface area contributed by atoms with Crippen LogP contribution >= 0.6 is 23.1 Å². The van der Waals surface area contributed by atoms with E-state index in [1.54, 1.807) is 39.0 Å². The number of pyridine rings is 1. The number of rotatable bonds is 9. The zero-order chi connectivity index (χ0) is 33.1. The predicted octanol–water partition coefficient (Wildman–Crippen LogP) is 5.49. The Bertz CT molecular complexity index is 1780. The second-order valence-corrected chi connectivity index (χ2v) is 16.7. The summed E-state index contributed by atoms with van der Waals surface area (Å²) in [5.74, 6) is 2.36. The molecule has 12 nitrogen and oxygen atoms in total. The Labute approximate surface area is 285 Å². The summed E-state index contributed by atoms with van der Waals surface area (Å²) in [6.07, 6.45) is 9.26. The molecule has 2 fully saturated rings. The molecule has 0 atom stereocenters. The third kappa shape index (κ3) is 7.53. The number of aromatic nitrogens is 5. The smallest absolute Gasteiger partial charge is 0.239 e. The summed E-state index contributed by atoms with van der Waals surface area (Å²) in [5, 5.41) is 7.33. The van der Waals surface area contributed by atoms with E-state index in [9.17, 15) is 4.57 Å². The van der Waals surface area contributed by atoms with Gasteiger partial charge in [0.25, 0.3) is 0 Å². The highest BCUT2D eigenvalue weighted by Gasteiger charge is 2.28. The fraction of sp³-hybridized carbons (Fsp3) is 0.485. The Morgan fingerprint density at radius 2 is 1.77 bits per heavy atom. The highest BCUT2D eigenvalue weighted by atomic mass is 79.9. The third-order valence-electron chi connectivity index (χ3n) is 9.05. The molecule has 6 rings (SSSR count). The van der Waals surface area contributed by atoms with Crippen LogP contribution in [0.1, 0.15) is 31.7 Å². The average molecular weight is 724 g/mol. The van der Waals surface area contributed by atoms with Gasteiger partial charge < -0.3 is 29.7 Å². The van der Waals surface area contributed by atoms with Crippen molar-refractivity contribution in [2.75, 3.05) is 82.3 Å². The summed E-state index contributed by atoms with van der Waals surface area (Å²) >= 11 is 3.58. The number of hydrogen-bond donors (Lipinski definition) is 2. The zero-order valence-electron chi connectivity index (χ0n) is 27.8. The van der Waals surface area contributed by atoms with Crippen LogP contribution in [-0.4, -0.2) is 108 Å². The monoisotopic (exact) mass is 722 g/mol. The van der Waals surface area contributed by atoms with Gasteiger partial charge in [-0.3, -0.25) is 14.9 Å². The number of piperidine rings is 1.